The fourth-order valence-corrected chi connectivity index (χ4v) is 5.19. The van der Waals surface area contributed by atoms with Gasteiger partial charge in [-0.3, -0.25) is 19.2 Å². The second kappa shape index (κ2) is 13.8. The number of hydrogen-bond donors (Lipinski definition) is 2. The summed E-state index contributed by atoms with van der Waals surface area (Å²) in [4.78, 5) is 57.1. The highest BCUT2D eigenvalue weighted by Crippen LogP contribution is 2.38. The molecule has 5 rings (SSSR count). The predicted octanol–water partition coefficient (Wildman–Crippen LogP) is 7.05. The second-order valence-electron chi connectivity index (χ2n) is 10.1. The van der Waals surface area contributed by atoms with Crippen LogP contribution < -0.4 is 10.6 Å². The van der Waals surface area contributed by atoms with Crippen molar-refractivity contribution in [3.05, 3.63) is 168 Å². The van der Waals surface area contributed by atoms with Crippen molar-refractivity contribution in [3.8, 4) is 0 Å². The zero-order chi connectivity index (χ0) is 30.0. The molecule has 5 aromatic carbocycles. The smallest absolute Gasteiger partial charge is 0.236 e. The first kappa shape index (κ1) is 28.9. The average Bonchev–Trinajstić information content (AvgIpc) is 3.06. The van der Waals surface area contributed by atoms with Gasteiger partial charge in [0.2, 0.25) is 11.8 Å². The molecular formula is C37H30N2O4. The number of benzene rings is 5. The van der Waals surface area contributed by atoms with Crippen LogP contribution in [0.3, 0.4) is 0 Å². The summed E-state index contributed by atoms with van der Waals surface area (Å²) in [5, 5.41) is 5.72. The zero-order valence-electron chi connectivity index (χ0n) is 23.3. The van der Waals surface area contributed by atoms with Gasteiger partial charge >= 0.3 is 0 Å². The predicted molar refractivity (Wildman–Crippen MR) is 168 cm³/mol. The van der Waals surface area contributed by atoms with Gasteiger partial charge in [0.05, 0.1) is 0 Å². The maximum absolute atomic E-state index is 14.3. The van der Waals surface area contributed by atoms with Gasteiger partial charge in [0.1, 0.15) is 11.8 Å². The fraction of sp³-hybridized carbons (Fsp3) is 0.0811. The molecule has 0 fully saturated rings. The van der Waals surface area contributed by atoms with E-state index in [1.165, 1.54) is 0 Å². The molecule has 0 spiro atoms. The van der Waals surface area contributed by atoms with Crippen LogP contribution in [0.5, 0.6) is 0 Å². The summed E-state index contributed by atoms with van der Waals surface area (Å²) in [7, 11) is 0. The van der Waals surface area contributed by atoms with Crippen LogP contribution in [0.2, 0.25) is 0 Å². The third-order valence-corrected chi connectivity index (χ3v) is 7.23. The number of Topliss-reactive ketones (excluding diaryl/α,β-unsaturated/α-hetero) is 2. The molecule has 0 saturated heterocycles. The van der Waals surface area contributed by atoms with Gasteiger partial charge in [-0.15, -0.1) is 0 Å². The minimum Gasteiger partial charge on any atom is -0.325 e. The number of para-hydroxylation sites is 2. The van der Waals surface area contributed by atoms with E-state index >= 15 is 0 Å². The Morgan fingerprint density at radius 2 is 0.698 bits per heavy atom. The number of carbonyl (C=O) groups is 4. The minimum atomic E-state index is -1.43. The zero-order valence-corrected chi connectivity index (χ0v) is 23.3. The van der Waals surface area contributed by atoms with Crippen molar-refractivity contribution >= 4 is 34.8 Å². The van der Waals surface area contributed by atoms with Gasteiger partial charge in [-0.05, 0) is 29.8 Å². The summed E-state index contributed by atoms with van der Waals surface area (Å²) in [6, 6.07) is 43.3. The number of carbonyl (C=O) groups excluding carboxylic acids is 4. The summed E-state index contributed by atoms with van der Waals surface area (Å²) in [6.45, 7) is 0. The minimum absolute atomic E-state index is 0.297. The van der Waals surface area contributed by atoms with Gasteiger partial charge < -0.3 is 10.6 Å². The Morgan fingerprint density at radius 1 is 0.395 bits per heavy atom. The van der Waals surface area contributed by atoms with Crippen molar-refractivity contribution in [1.82, 2.24) is 0 Å². The number of hydrogen-bond acceptors (Lipinski definition) is 4. The van der Waals surface area contributed by atoms with E-state index in [2.05, 4.69) is 10.6 Å². The molecule has 0 aromatic heterocycles. The third-order valence-electron chi connectivity index (χ3n) is 7.23. The molecule has 0 aliphatic carbocycles. The number of nitrogens with one attached hydrogen (secondary N) is 2. The molecule has 0 bridgehead atoms. The van der Waals surface area contributed by atoms with Gasteiger partial charge in [0.25, 0.3) is 0 Å². The lowest BCUT2D eigenvalue weighted by Crippen LogP contribution is -2.44. The van der Waals surface area contributed by atoms with Crippen molar-refractivity contribution in [2.45, 2.75) is 5.92 Å². The normalized spacial score (nSPS) is 12.7. The number of rotatable bonds is 11. The van der Waals surface area contributed by atoms with Crippen LogP contribution in [0.4, 0.5) is 11.4 Å². The van der Waals surface area contributed by atoms with Crippen molar-refractivity contribution < 1.29 is 19.2 Å². The number of ketones is 2. The van der Waals surface area contributed by atoms with Crippen molar-refractivity contribution in [3.63, 3.8) is 0 Å². The fourth-order valence-electron chi connectivity index (χ4n) is 5.19. The highest BCUT2D eigenvalue weighted by atomic mass is 16.2. The number of anilines is 2. The SMILES string of the molecule is O=C(Nc1ccccc1)C(C(=O)c1ccccc1)C(c1ccccc1)C(C(=O)Nc1ccccc1)C(=O)c1ccccc1. The molecule has 6 nitrogen and oxygen atoms in total. The van der Waals surface area contributed by atoms with E-state index in [-0.39, 0.29) is 0 Å². The monoisotopic (exact) mass is 566 g/mol. The Morgan fingerprint density at radius 3 is 1.05 bits per heavy atom. The van der Waals surface area contributed by atoms with E-state index in [1.54, 1.807) is 140 Å². The molecule has 0 heterocycles. The van der Waals surface area contributed by atoms with E-state index in [9.17, 15) is 19.2 Å². The first-order valence-corrected chi connectivity index (χ1v) is 14.0. The summed E-state index contributed by atoms with van der Waals surface area (Å²) in [6.07, 6.45) is 0. The maximum Gasteiger partial charge on any atom is 0.236 e. The Balaban J connectivity index is 1.69. The van der Waals surface area contributed by atoms with Crippen LogP contribution in [0.1, 0.15) is 32.2 Å². The van der Waals surface area contributed by atoms with Gasteiger partial charge in [-0.25, -0.2) is 0 Å². The summed E-state index contributed by atoms with van der Waals surface area (Å²) >= 11 is 0. The molecule has 0 aliphatic heterocycles. The second-order valence-corrected chi connectivity index (χ2v) is 10.1. The lowest BCUT2D eigenvalue weighted by Gasteiger charge is -2.31. The Kier molecular flexibility index (Phi) is 9.29. The number of amides is 2. The van der Waals surface area contributed by atoms with Gasteiger partial charge in [-0.2, -0.15) is 0 Å². The van der Waals surface area contributed by atoms with Crippen LogP contribution in [-0.2, 0) is 9.59 Å². The van der Waals surface area contributed by atoms with Crippen LogP contribution in [0, 0.1) is 11.8 Å². The first-order chi connectivity index (χ1) is 21.0. The van der Waals surface area contributed by atoms with Gasteiger partial charge in [0, 0.05) is 28.4 Å². The van der Waals surface area contributed by atoms with Gasteiger partial charge in [0.15, 0.2) is 11.6 Å². The molecule has 6 heteroatoms. The molecule has 2 N–H and O–H groups in total. The van der Waals surface area contributed by atoms with Crippen LogP contribution >= 0.6 is 0 Å². The van der Waals surface area contributed by atoms with E-state index in [1.807, 2.05) is 12.1 Å². The largest absolute Gasteiger partial charge is 0.325 e. The summed E-state index contributed by atoms with van der Waals surface area (Å²) in [5.74, 6) is -6.23. The topological polar surface area (TPSA) is 92.3 Å². The Hall–Kier alpha value is -5.62. The van der Waals surface area contributed by atoms with Gasteiger partial charge in [-0.1, -0.05) is 127 Å². The summed E-state index contributed by atoms with van der Waals surface area (Å²) < 4.78 is 0. The van der Waals surface area contributed by atoms with Crippen molar-refractivity contribution in [2.24, 2.45) is 11.8 Å². The molecule has 212 valence electrons. The molecule has 0 radical (unpaired) electrons. The van der Waals surface area contributed by atoms with E-state index in [0.717, 1.165) is 0 Å². The lowest BCUT2D eigenvalue weighted by atomic mass is 9.70. The van der Waals surface area contributed by atoms with E-state index in [0.29, 0.717) is 28.1 Å². The Bertz CT molecular complexity index is 1570. The molecule has 2 unspecified atom stereocenters. The van der Waals surface area contributed by atoms with Crippen molar-refractivity contribution in [1.29, 1.82) is 0 Å². The quantitative estimate of drug-likeness (QED) is 0.132. The van der Waals surface area contributed by atoms with E-state index in [4.69, 9.17) is 0 Å². The highest BCUT2D eigenvalue weighted by Gasteiger charge is 2.46. The highest BCUT2D eigenvalue weighted by molar-refractivity contribution is 6.18. The molecule has 2 atom stereocenters. The van der Waals surface area contributed by atoms with Crippen molar-refractivity contribution in [2.75, 3.05) is 10.6 Å². The third kappa shape index (κ3) is 7.00. The standard InChI is InChI=1S/C37H30N2O4/c40-34(27-18-8-2-9-19-27)32(36(42)38-29-22-12-4-13-23-29)31(26-16-6-1-7-17-26)33(35(41)28-20-10-3-11-21-28)37(43)39-30-24-14-5-15-25-30/h1-25,31-33H,(H,38,42)(H,39,43). The molecular weight excluding hydrogens is 536 g/mol. The molecule has 43 heavy (non-hydrogen) atoms. The van der Waals surface area contributed by atoms with Crippen LogP contribution in [0.15, 0.2) is 152 Å². The molecule has 2 amide bonds. The summed E-state index contributed by atoms with van der Waals surface area (Å²) in [5.41, 5.74) is 2.09. The molecule has 5 aromatic rings. The lowest BCUT2D eigenvalue weighted by molar-refractivity contribution is -0.121. The van der Waals surface area contributed by atoms with Crippen LogP contribution in [-0.4, -0.2) is 23.4 Å². The first-order valence-electron chi connectivity index (χ1n) is 14.0. The van der Waals surface area contributed by atoms with Crippen LogP contribution in [0.25, 0.3) is 0 Å². The maximum atomic E-state index is 14.3. The Labute approximate surface area is 250 Å². The van der Waals surface area contributed by atoms with E-state index < -0.39 is 41.1 Å². The average molecular weight is 567 g/mol. The molecule has 0 saturated carbocycles. The molecule has 0 aliphatic rings.